The molecule has 5 rings (SSSR count). The van der Waals surface area contributed by atoms with Crippen LogP contribution >= 0.6 is 22.9 Å². The molecule has 2 aromatic carbocycles. The van der Waals surface area contributed by atoms with Crippen LogP contribution in [-0.2, 0) is 26.1 Å². The first-order valence-corrected chi connectivity index (χ1v) is 12.7. The van der Waals surface area contributed by atoms with Gasteiger partial charge in [-0.2, -0.15) is 0 Å². The average molecular weight is 522 g/mol. The van der Waals surface area contributed by atoms with Crippen molar-refractivity contribution in [1.29, 1.82) is 0 Å². The second-order valence-electron chi connectivity index (χ2n) is 8.70. The average Bonchev–Trinajstić information content (AvgIpc) is 3.24. The van der Waals surface area contributed by atoms with Gasteiger partial charge in [0, 0.05) is 52.6 Å². The lowest BCUT2D eigenvalue weighted by Crippen LogP contribution is -2.37. The molecule has 36 heavy (non-hydrogen) atoms. The van der Waals surface area contributed by atoms with Gasteiger partial charge in [0.05, 0.1) is 17.3 Å². The lowest BCUT2D eigenvalue weighted by atomic mass is 9.94. The van der Waals surface area contributed by atoms with Crippen molar-refractivity contribution < 1.29 is 19.8 Å². The third-order valence-electron chi connectivity index (χ3n) is 6.56. The highest BCUT2D eigenvalue weighted by atomic mass is 35.5. The van der Waals surface area contributed by atoms with E-state index in [1.807, 2.05) is 36.4 Å². The van der Waals surface area contributed by atoms with Crippen molar-refractivity contribution in [3.05, 3.63) is 92.1 Å². The molecule has 0 aliphatic carbocycles. The van der Waals surface area contributed by atoms with Crippen molar-refractivity contribution in [2.45, 2.75) is 33.0 Å². The summed E-state index contributed by atoms with van der Waals surface area (Å²) < 4.78 is 0.958. The zero-order valence-electron chi connectivity index (χ0n) is 19.5. The molecule has 2 aromatic heterocycles. The third-order valence-corrected chi connectivity index (χ3v) is 8.22. The summed E-state index contributed by atoms with van der Waals surface area (Å²) in [4.78, 5) is 32.9. The maximum absolute atomic E-state index is 13.4. The van der Waals surface area contributed by atoms with Crippen molar-refractivity contribution in [2.24, 2.45) is 0 Å². The van der Waals surface area contributed by atoms with Gasteiger partial charge in [0.15, 0.2) is 0 Å². The number of benzene rings is 2. The largest absolute Gasteiger partial charge is 0.506 e. The number of carbonyl (C=O) groups excluding carboxylic acids is 2. The lowest BCUT2D eigenvalue weighted by molar-refractivity contribution is 0.0736. The number of rotatable bonds is 5. The van der Waals surface area contributed by atoms with E-state index in [2.05, 4.69) is 10.3 Å². The summed E-state index contributed by atoms with van der Waals surface area (Å²) in [5.74, 6) is -0.514. The Balaban J connectivity index is 1.38. The van der Waals surface area contributed by atoms with E-state index < -0.39 is 0 Å². The number of aromatic hydroxyl groups is 1. The van der Waals surface area contributed by atoms with Gasteiger partial charge in [-0.1, -0.05) is 41.9 Å². The normalized spacial score (nSPS) is 13.0. The fourth-order valence-corrected chi connectivity index (χ4v) is 6.02. The summed E-state index contributed by atoms with van der Waals surface area (Å²) in [6.45, 7) is 2.22. The number of nitrogens with one attached hydrogen (secondary N) is 1. The second-order valence-corrected chi connectivity index (χ2v) is 10.1. The van der Waals surface area contributed by atoms with Gasteiger partial charge < -0.3 is 20.4 Å². The fraction of sp³-hybridized carbons (Fsp3) is 0.222. The molecule has 0 saturated carbocycles. The van der Waals surface area contributed by atoms with E-state index in [-0.39, 0.29) is 30.7 Å². The fourth-order valence-electron chi connectivity index (χ4n) is 4.54. The zero-order chi connectivity index (χ0) is 25.4. The Morgan fingerprint density at radius 3 is 2.78 bits per heavy atom. The van der Waals surface area contributed by atoms with Crippen LogP contribution < -0.4 is 5.32 Å². The number of amides is 2. The van der Waals surface area contributed by atoms with Gasteiger partial charge in [0.2, 0.25) is 0 Å². The number of hydrogen-bond acceptors (Lipinski definition) is 6. The van der Waals surface area contributed by atoms with Gasteiger partial charge in [-0.25, -0.2) is 0 Å². The number of pyridine rings is 1. The number of aryl methyl sites for hydroxylation is 1. The Morgan fingerprint density at radius 2 is 2.00 bits per heavy atom. The Kier molecular flexibility index (Phi) is 6.66. The quantitative estimate of drug-likeness (QED) is 0.356. The van der Waals surface area contributed by atoms with E-state index in [0.717, 1.165) is 21.2 Å². The number of nitrogens with zero attached hydrogens (tertiary/aromatic N) is 2. The Morgan fingerprint density at radius 1 is 1.19 bits per heavy atom. The molecule has 4 aromatic rings. The monoisotopic (exact) mass is 521 g/mol. The topological polar surface area (TPSA) is 103 Å². The van der Waals surface area contributed by atoms with Crippen LogP contribution in [0.25, 0.3) is 10.1 Å². The van der Waals surface area contributed by atoms with Crippen LogP contribution in [0.1, 0.15) is 48.0 Å². The molecule has 1 aliphatic rings. The number of hydrogen-bond donors (Lipinski definition) is 3. The minimum Gasteiger partial charge on any atom is -0.506 e. The molecule has 0 fully saturated rings. The SMILES string of the molecule is Cc1ncc(CO)c(CNC(=O)c2cccc3c2CN(C(=O)c2sc4ccccc4c2Cl)CC3)c1O. The standard InChI is InChI=1S/C27H24ClN3O4S/c1-15-24(33)20(17(14-32)11-29-15)12-30-26(34)18-7-4-5-16-9-10-31(13-21(16)18)27(35)25-23(28)19-6-2-3-8-22(19)36-25/h2-8,11,32-33H,9-10,12-14H2,1H3,(H,30,34). The first kappa shape index (κ1) is 24.2. The molecule has 2 amide bonds. The zero-order valence-corrected chi connectivity index (χ0v) is 21.1. The second kappa shape index (κ2) is 9.89. The minimum absolute atomic E-state index is 0.0353. The van der Waals surface area contributed by atoms with Gasteiger partial charge in [0.25, 0.3) is 11.8 Å². The van der Waals surface area contributed by atoms with Gasteiger partial charge in [-0.05, 0) is 36.6 Å². The molecule has 9 heteroatoms. The highest BCUT2D eigenvalue weighted by Gasteiger charge is 2.28. The van der Waals surface area contributed by atoms with Crippen LogP contribution in [0.5, 0.6) is 5.75 Å². The third kappa shape index (κ3) is 4.32. The van der Waals surface area contributed by atoms with E-state index in [4.69, 9.17) is 11.6 Å². The molecule has 0 bridgehead atoms. The van der Waals surface area contributed by atoms with Crippen LogP contribution in [0.4, 0.5) is 0 Å². The van der Waals surface area contributed by atoms with Crippen LogP contribution in [0.15, 0.2) is 48.7 Å². The number of fused-ring (bicyclic) bond motifs is 2. The number of halogens is 1. The van der Waals surface area contributed by atoms with Crippen LogP contribution in [-0.4, -0.2) is 38.5 Å². The van der Waals surface area contributed by atoms with Crippen molar-refractivity contribution in [1.82, 2.24) is 15.2 Å². The van der Waals surface area contributed by atoms with E-state index in [0.29, 0.717) is 51.8 Å². The Labute approximate surface area is 217 Å². The summed E-state index contributed by atoms with van der Waals surface area (Å²) in [5.41, 5.74) is 3.59. The smallest absolute Gasteiger partial charge is 0.265 e. The van der Waals surface area contributed by atoms with Crippen molar-refractivity contribution in [2.75, 3.05) is 6.54 Å². The first-order valence-electron chi connectivity index (χ1n) is 11.5. The molecular weight excluding hydrogens is 498 g/mol. The number of aliphatic hydroxyl groups is 1. The van der Waals surface area contributed by atoms with E-state index in [1.54, 1.807) is 17.9 Å². The van der Waals surface area contributed by atoms with Crippen LogP contribution in [0, 0.1) is 6.92 Å². The Hall–Kier alpha value is -3.46. The van der Waals surface area contributed by atoms with E-state index in [9.17, 15) is 19.8 Å². The summed E-state index contributed by atoms with van der Waals surface area (Å²) in [6.07, 6.45) is 2.12. The molecule has 3 heterocycles. The number of aliphatic hydroxyl groups excluding tert-OH is 1. The van der Waals surface area contributed by atoms with Gasteiger partial charge in [-0.3, -0.25) is 14.6 Å². The van der Waals surface area contributed by atoms with E-state index in [1.165, 1.54) is 17.5 Å². The highest BCUT2D eigenvalue weighted by Crippen LogP contribution is 2.37. The van der Waals surface area contributed by atoms with Crippen molar-refractivity contribution >= 4 is 44.8 Å². The summed E-state index contributed by atoms with van der Waals surface area (Å²) in [5, 5.41) is 24.2. The predicted molar refractivity (Wildman–Crippen MR) is 139 cm³/mol. The summed E-state index contributed by atoms with van der Waals surface area (Å²) in [7, 11) is 0. The maximum Gasteiger partial charge on any atom is 0.265 e. The van der Waals surface area contributed by atoms with Crippen LogP contribution in [0.3, 0.4) is 0 Å². The van der Waals surface area contributed by atoms with Crippen molar-refractivity contribution in [3.63, 3.8) is 0 Å². The molecule has 0 radical (unpaired) electrons. The molecule has 0 saturated heterocycles. The molecule has 3 N–H and O–H groups in total. The highest BCUT2D eigenvalue weighted by molar-refractivity contribution is 7.21. The number of thiophene rings is 1. The number of aromatic nitrogens is 1. The van der Waals surface area contributed by atoms with Gasteiger partial charge >= 0.3 is 0 Å². The molecule has 1 aliphatic heterocycles. The maximum atomic E-state index is 13.4. The molecule has 7 nitrogen and oxygen atoms in total. The molecular formula is C27H24ClN3O4S. The van der Waals surface area contributed by atoms with Crippen LogP contribution in [0.2, 0.25) is 5.02 Å². The lowest BCUT2D eigenvalue weighted by Gasteiger charge is -2.30. The summed E-state index contributed by atoms with van der Waals surface area (Å²) >= 11 is 7.93. The minimum atomic E-state index is -0.321. The molecule has 184 valence electrons. The Bertz CT molecular complexity index is 1500. The molecule has 0 spiro atoms. The van der Waals surface area contributed by atoms with Gasteiger partial charge in [-0.15, -0.1) is 11.3 Å². The first-order chi connectivity index (χ1) is 17.4. The predicted octanol–water partition coefficient (Wildman–Crippen LogP) is 4.58. The van der Waals surface area contributed by atoms with E-state index >= 15 is 0 Å². The van der Waals surface area contributed by atoms with Crippen molar-refractivity contribution in [3.8, 4) is 5.75 Å². The molecule has 0 unspecified atom stereocenters. The summed E-state index contributed by atoms with van der Waals surface area (Å²) in [6, 6.07) is 13.2. The molecule has 0 atom stereocenters. The number of carbonyl (C=O) groups is 2. The van der Waals surface area contributed by atoms with Gasteiger partial charge in [0.1, 0.15) is 10.6 Å².